The first-order chi connectivity index (χ1) is 15.8. The maximum Gasteiger partial charge on any atom is 0.472 e. The van der Waals surface area contributed by atoms with E-state index in [1.165, 1.54) is 89.9 Å². The fraction of sp³-hybridized carbons (Fsp3) is 1.00. The molecule has 1 saturated heterocycles. The minimum atomic E-state index is -3.91. The summed E-state index contributed by atoms with van der Waals surface area (Å²) >= 11 is 0. The summed E-state index contributed by atoms with van der Waals surface area (Å²) in [6, 6.07) is 0. The highest BCUT2D eigenvalue weighted by molar-refractivity contribution is 7.47. The van der Waals surface area contributed by atoms with Crippen LogP contribution in [-0.4, -0.2) is 74.3 Å². The van der Waals surface area contributed by atoms with Crippen LogP contribution in [-0.2, 0) is 13.6 Å². The molecule has 0 bridgehead atoms. The molecule has 7 heteroatoms. The Labute approximate surface area is 205 Å². The van der Waals surface area contributed by atoms with Crippen molar-refractivity contribution in [3.63, 3.8) is 0 Å². The quantitative estimate of drug-likeness (QED) is 0.103. The van der Waals surface area contributed by atoms with Gasteiger partial charge >= 0.3 is 7.82 Å². The van der Waals surface area contributed by atoms with Gasteiger partial charge in [-0.25, -0.2) is 4.57 Å². The predicted octanol–water partition coefficient (Wildman–Crippen LogP) is 6.77. The predicted molar refractivity (Wildman–Crippen MR) is 140 cm³/mol. The van der Waals surface area contributed by atoms with Gasteiger partial charge in [0.2, 0.25) is 0 Å². The minimum Gasteiger partial charge on any atom is -0.326 e. The smallest absolute Gasteiger partial charge is 0.326 e. The van der Waals surface area contributed by atoms with E-state index < -0.39 is 7.82 Å². The van der Waals surface area contributed by atoms with Gasteiger partial charge in [-0.2, -0.15) is 0 Å². The third-order valence-electron chi connectivity index (χ3n) is 6.96. The van der Waals surface area contributed by atoms with E-state index in [9.17, 15) is 9.46 Å². The Morgan fingerprint density at radius 2 is 1.09 bits per heavy atom. The molecule has 33 heavy (non-hydrogen) atoms. The fourth-order valence-corrected chi connectivity index (χ4v) is 5.17. The maximum atomic E-state index is 12.0. The van der Waals surface area contributed by atoms with Gasteiger partial charge in [-0.05, 0) is 6.42 Å². The zero-order chi connectivity index (χ0) is 24.3. The van der Waals surface area contributed by atoms with E-state index in [0.717, 1.165) is 43.5 Å². The van der Waals surface area contributed by atoms with Crippen LogP contribution in [0.25, 0.3) is 0 Å². The Kier molecular flexibility index (Phi) is 18.1. The highest BCUT2D eigenvalue weighted by atomic mass is 31.2. The normalized spacial score (nSPS) is 18.4. The largest absolute Gasteiger partial charge is 0.472 e. The number of phosphoric acid groups is 1. The standard InChI is InChI=1S/C26H55N2O4P/c1-4-5-6-7-8-9-10-11-12-13-14-15-16-17-18-19-25-31-33(29,30)32-26-22-27-20-23-28(2,3)24-21-27/h4-26H2,1-3H3/p+1. The van der Waals surface area contributed by atoms with Crippen molar-refractivity contribution in [3.05, 3.63) is 0 Å². The van der Waals surface area contributed by atoms with Crippen molar-refractivity contribution in [1.29, 1.82) is 0 Å². The van der Waals surface area contributed by atoms with Gasteiger partial charge in [0.1, 0.15) is 0 Å². The molecule has 1 aliphatic heterocycles. The number of unbranched alkanes of at least 4 members (excludes halogenated alkanes) is 15. The van der Waals surface area contributed by atoms with Gasteiger partial charge in [0.25, 0.3) is 0 Å². The molecule has 0 aliphatic carbocycles. The summed E-state index contributed by atoms with van der Waals surface area (Å²) in [7, 11) is 0.571. The highest BCUT2D eigenvalue weighted by Crippen LogP contribution is 2.43. The molecule has 0 amide bonds. The second-order valence-corrected chi connectivity index (χ2v) is 12.1. The van der Waals surface area contributed by atoms with E-state index in [-0.39, 0.29) is 6.61 Å². The molecule has 0 aromatic rings. The molecule has 1 N–H and O–H groups in total. The number of hydrogen-bond donors (Lipinski definition) is 1. The molecule has 198 valence electrons. The van der Waals surface area contributed by atoms with Crippen molar-refractivity contribution in [3.8, 4) is 0 Å². The molecular formula is C26H56N2O4P+. The Bertz CT molecular complexity index is 495. The van der Waals surface area contributed by atoms with E-state index in [2.05, 4.69) is 25.9 Å². The van der Waals surface area contributed by atoms with E-state index in [0.29, 0.717) is 13.2 Å². The van der Waals surface area contributed by atoms with Gasteiger partial charge in [-0.1, -0.05) is 103 Å². The molecule has 1 rings (SSSR count). The van der Waals surface area contributed by atoms with Crippen LogP contribution in [0.1, 0.15) is 110 Å². The molecule has 1 heterocycles. The van der Waals surface area contributed by atoms with Gasteiger partial charge in [0, 0.05) is 19.6 Å². The molecule has 0 aromatic heterocycles. The lowest BCUT2D eigenvalue weighted by Crippen LogP contribution is -2.55. The second kappa shape index (κ2) is 19.2. The number of hydrogen-bond acceptors (Lipinski definition) is 4. The molecule has 1 atom stereocenters. The zero-order valence-electron chi connectivity index (χ0n) is 22.3. The summed E-state index contributed by atoms with van der Waals surface area (Å²) in [6.45, 7) is 7.74. The van der Waals surface area contributed by atoms with Crippen LogP contribution in [0.2, 0.25) is 0 Å². The van der Waals surface area contributed by atoms with Crippen LogP contribution in [0.4, 0.5) is 0 Å². The maximum absolute atomic E-state index is 12.0. The number of rotatable bonds is 22. The summed E-state index contributed by atoms with van der Waals surface area (Å²) in [5.41, 5.74) is 0. The molecule has 0 aromatic carbocycles. The molecular weight excluding hydrogens is 435 g/mol. The lowest BCUT2D eigenvalue weighted by molar-refractivity contribution is -0.894. The Morgan fingerprint density at radius 3 is 1.55 bits per heavy atom. The third-order valence-corrected chi connectivity index (χ3v) is 7.98. The number of phosphoric ester groups is 1. The molecule has 1 unspecified atom stereocenters. The summed E-state index contributed by atoms with van der Waals surface area (Å²) in [6.07, 6.45) is 21.0. The first kappa shape index (κ1) is 31.1. The van der Waals surface area contributed by atoms with Crippen LogP contribution in [0.3, 0.4) is 0 Å². The number of quaternary nitrogens is 1. The monoisotopic (exact) mass is 491 g/mol. The van der Waals surface area contributed by atoms with Crippen LogP contribution in [0.5, 0.6) is 0 Å². The van der Waals surface area contributed by atoms with Gasteiger partial charge < -0.3 is 9.38 Å². The number of piperazine rings is 1. The zero-order valence-corrected chi connectivity index (χ0v) is 23.2. The van der Waals surface area contributed by atoms with Crippen molar-refractivity contribution >= 4 is 7.82 Å². The van der Waals surface area contributed by atoms with Gasteiger partial charge in [0.05, 0.1) is 40.4 Å². The van der Waals surface area contributed by atoms with E-state index >= 15 is 0 Å². The van der Waals surface area contributed by atoms with Crippen molar-refractivity contribution in [2.75, 3.05) is 60.0 Å². The summed E-state index contributed by atoms with van der Waals surface area (Å²) in [5.74, 6) is 0. The topological polar surface area (TPSA) is 59.0 Å². The van der Waals surface area contributed by atoms with E-state index in [1.54, 1.807) is 0 Å². The van der Waals surface area contributed by atoms with Crippen LogP contribution < -0.4 is 0 Å². The summed E-state index contributed by atoms with van der Waals surface area (Å²) in [5, 5.41) is 0. The highest BCUT2D eigenvalue weighted by Gasteiger charge is 2.25. The van der Waals surface area contributed by atoms with E-state index in [1.807, 2.05) is 0 Å². The first-order valence-electron chi connectivity index (χ1n) is 14.0. The summed E-state index contributed by atoms with van der Waals surface area (Å²) < 4.78 is 23.3. The average Bonchev–Trinajstić information content (AvgIpc) is 2.77. The minimum absolute atomic E-state index is 0.250. The molecule has 0 radical (unpaired) electrons. The molecule has 1 fully saturated rings. The lowest BCUT2D eigenvalue weighted by atomic mass is 10.0. The van der Waals surface area contributed by atoms with Crippen LogP contribution >= 0.6 is 7.82 Å². The van der Waals surface area contributed by atoms with Crippen molar-refractivity contribution in [2.24, 2.45) is 0 Å². The Balaban J connectivity index is 1.82. The molecule has 1 aliphatic rings. The van der Waals surface area contributed by atoms with Crippen molar-refractivity contribution in [2.45, 2.75) is 110 Å². The fourth-order valence-electron chi connectivity index (χ4n) is 4.42. The Hall–Kier alpha value is 0.0300. The molecule has 6 nitrogen and oxygen atoms in total. The van der Waals surface area contributed by atoms with Gasteiger partial charge in [-0.15, -0.1) is 0 Å². The van der Waals surface area contributed by atoms with Crippen molar-refractivity contribution < 1.29 is 23.0 Å². The second-order valence-electron chi connectivity index (χ2n) is 10.7. The molecule has 0 saturated carbocycles. The van der Waals surface area contributed by atoms with Crippen LogP contribution in [0, 0.1) is 0 Å². The van der Waals surface area contributed by atoms with Crippen molar-refractivity contribution in [1.82, 2.24) is 4.90 Å². The van der Waals surface area contributed by atoms with E-state index in [4.69, 9.17) is 9.05 Å². The molecule has 0 spiro atoms. The van der Waals surface area contributed by atoms with Crippen LogP contribution in [0.15, 0.2) is 0 Å². The van der Waals surface area contributed by atoms with Gasteiger partial charge in [0.15, 0.2) is 0 Å². The lowest BCUT2D eigenvalue weighted by Gasteiger charge is -2.39. The number of likely N-dealkylation sites (N-methyl/N-ethyl adjacent to an activating group) is 1. The van der Waals surface area contributed by atoms with Gasteiger partial charge in [-0.3, -0.25) is 13.9 Å². The number of nitrogens with zero attached hydrogens (tertiary/aromatic N) is 2. The SMILES string of the molecule is CCCCCCCCCCCCCCCCCCOP(=O)(O)OCCN1CC[N+](C)(C)CC1. The third kappa shape index (κ3) is 19.0. The summed E-state index contributed by atoms with van der Waals surface area (Å²) in [4.78, 5) is 12.1. The first-order valence-corrected chi connectivity index (χ1v) is 15.5. The average molecular weight is 492 g/mol. The Morgan fingerprint density at radius 1 is 0.697 bits per heavy atom.